The molecule has 1 fully saturated rings. The van der Waals surface area contributed by atoms with Crippen molar-refractivity contribution in [1.29, 1.82) is 0 Å². The SMILES string of the molecule is O=C(CSc1c(-c2ccccc2)[nH]c2ccccc12)N1CCOCC1. The molecule has 25 heavy (non-hydrogen) atoms. The Morgan fingerprint density at radius 1 is 1.04 bits per heavy atom. The standard InChI is InChI=1S/C20H20N2O2S/c23-18(22-10-12-24-13-11-22)14-25-20-16-8-4-5-9-17(16)21-19(20)15-6-2-1-3-7-15/h1-9,21H,10-14H2. The van der Waals surface area contributed by atoms with Gasteiger partial charge in [-0.1, -0.05) is 48.5 Å². The lowest BCUT2D eigenvalue weighted by atomic mass is 10.1. The molecule has 1 saturated heterocycles. The van der Waals surface area contributed by atoms with Gasteiger partial charge in [0.05, 0.1) is 24.7 Å². The predicted molar refractivity (Wildman–Crippen MR) is 102 cm³/mol. The van der Waals surface area contributed by atoms with E-state index in [1.807, 2.05) is 35.2 Å². The molecule has 0 aliphatic carbocycles. The van der Waals surface area contributed by atoms with Gasteiger partial charge in [-0.25, -0.2) is 0 Å². The number of para-hydroxylation sites is 1. The van der Waals surface area contributed by atoms with Crippen LogP contribution in [0.25, 0.3) is 22.2 Å². The molecule has 0 radical (unpaired) electrons. The van der Waals surface area contributed by atoms with Gasteiger partial charge in [0.15, 0.2) is 0 Å². The van der Waals surface area contributed by atoms with E-state index in [4.69, 9.17) is 4.74 Å². The van der Waals surface area contributed by atoms with E-state index in [-0.39, 0.29) is 5.91 Å². The van der Waals surface area contributed by atoms with Crippen LogP contribution in [-0.4, -0.2) is 47.8 Å². The number of amides is 1. The van der Waals surface area contributed by atoms with E-state index in [1.165, 1.54) is 5.39 Å². The Hall–Kier alpha value is -2.24. The Morgan fingerprint density at radius 3 is 2.56 bits per heavy atom. The minimum absolute atomic E-state index is 0.178. The summed E-state index contributed by atoms with van der Waals surface area (Å²) in [5.41, 5.74) is 3.32. The van der Waals surface area contributed by atoms with Crippen LogP contribution in [0.15, 0.2) is 59.5 Å². The molecule has 3 aromatic rings. The number of nitrogens with one attached hydrogen (secondary N) is 1. The number of morpholine rings is 1. The number of aromatic amines is 1. The maximum Gasteiger partial charge on any atom is 0.233 e. The van der Waals surface area contributed by atoms with Crippen molar-refractivity contribution >= 4 is 28.6 Å². The van der Waals surface area contributed by atoms with E-state index in [0.717, 1.165) is 21.7 Å². The lowest BCUT2D eigenvalue weighted by molar-refractivity contribution is -0.132. The van der Waals surface area contributed by atoms with E-state index < -0.39 is 0 Å². The molecule has 1 aromatic heterocycles. The van der Waals surface area contributed by atoms with E-state index in [9.17, 15) is 4.79 Å². The Balaban J connectivity index is 1.62. The van der Waals surface area contributed by atoms with Gasteiger partial charge in [-0.2, -0.15) is 0 Å². The normalized spacial score (nSPS) is 14.8. The van der Waals surface area contributed by atoms with Crippen molar-refractivity contribution in [3.8, 4) is 11.3 Å². The van der Waals surface area contributed by atoms with Crippen LogP contribution < -0.4 is 0 Å². The third-order valence-corrected chi connectivity index (χ3v) is 5.53. The van der Waals surface area contributed by atoms with Gasteiger partial charge < -0.3 is 14.6 Å². The highest BCUT2D eigenvalue weighted by atomic mass is 32.2. The average Bonchev–Trinajstić information content (AvgIpc) is 3.06. The highest BCUT2D eigenvalue weighted by Crippen LogP contribution is 2.37. The molecule has 4 rings (SSSR count). The van der Waals surface area contributed by atoms with Crippen molar-refractivity contribution in [1.82, 2.24) is 9.88 Å². The fraction of sp³-hybridized carbons (Fsp3) is 0.250. The quantitative estimate of drug-likeness (QED) is 0.727. The Kier molecular flexibility index (Phi) is 4.76. The minimum atomic E-state index is 0.178. The van der Waals surface area contributed by atoms with Crippen molar-refractivity contribution in [2.24, 2.45) is 0 Å². The van der Waals surface area contributed by atoms with Gasteiger partial charge in [-0.3, -0.25) is 4.79 Å². The maximum atomic E-state index is 12.5. The van der Waals surface area contributed by atoms with E-state index in [1.54, 1.807) is 11.8 Å². The molecule has 0 saturated carbocycles. The number of thioether (sulfide) groups is 1. The summed E-state index contributed by atoms with van der Waals surface area (Å²) in [5, 5.41) is 1.17. The average molecular weight is 352 g/mol. The predicted octanol–water partition coefficient (Wildman–Crippen LogP) is 3.79. The first-order chi connectivity index (χ1) is 12.3. The highest BCUT2D eigenvalue weighted by Gasteiger charge is 2.19. The summed E-state index contributed by atoms with van der Waals surface area (Å²) in [5.74, 6) is 0.624. The number of hydrogen-bond donors (Lipinski definition) is 1. The van der Waals surface area contributed by atoms with Gasteiger partial charge in [0.2, 0.25) is 5.91 Å². The summed E-state index contributed by atoms with van der Waals surface area (Å²) < 4.78 is 5.33. The Labute approximate surface area is 151 Å². The number of H-pyrrole nitrogens is 1. The first-order valence-corrected chi connectivity index (χ1v) is 9.46. The van der Waals surface area contributed by atoms with Gasteiger partial charge in [0.1, 0.15) is 0 Å². The molecule has 4 nitrogen and oxygen atoms in total. The number of nitrogens with zero attached hydrogens (tertiary/aromatic N) is 1. The third-order valence-electron chi connectivity index (χ3n) is 4.42. The second-order valence-electron chi connectivity index (χ2n) is 6.02. The Morgan fingerprint density at radius 2 is 1.76 bits per heavy atom. The van der Waals surface area contributed by atoms with Gasteiger partial charge in [-0.15, -0.1) is 11.8 Å². The van der Waals surface area contributed by atoms with Crippen molar-refractivity contribution in [3.63, 3.8) is 0 Å². The van der Waals surface area contributed by atoms with Crippen LogP contribution in [0.1, 0.15) is 0 Å². The smallest absolute Gasteiger partial charge is 0.233 e. The zero-order valence-corrected chi connectivity index (χ0v) is 14.7. The zero-order valence-electron chi connectivity index (χ0n) is 13.9. The fourth-order valence-corrected chi connectivity index (χ4v) is 4.21. The summed E-state index contributed by atoms with van der Waals surface area (Å²) >= 11 is 1.62. The summed E-state index contributed by atoms with van der Waals surface area (Å²) in [4.78, 5) is 19.1. The molecule has 0 unspecified atom stereocenters. The summed E-state index contributed by atoms with van der Waals surface area (Å²) in [6.45, 7) is 2.66. The lowest BCUT2D eigenvalue weighted by Gasteiger charge is -2.26. The minimum Gasteiger partial charge on any atom is -0.378 e. The number of fused-ring (bicyclic) bond motifs is 1. The van der Waals surface area contributed by atoms with Crippen LogP contribution in [0, 0.1) is 0 Å². The van der Waals surface area contributed by atoms with Crippen LogP contribution in [0.4, 0.5) is 0 Å². The fourth-order valence-electron chi connectivity index (χ4n) is 3.11. The second-order valence-corrected chi connectivity index (χ2v) is 7.01. The molecule has 1 amide bonds. The molecule has 5 heteroatoms. The molecule has 1 N–H and O–H groups in total. The number of aromatic nitrogens is 1. The van der Waals surface area contributed by atoms with Crippen LogP contribution in [-0.2, 0) is 9.53 Å². The van der Waals surface area contributed by atoms with E-state index in [2.05, 4.69) is 29.2 Å². The second kappa shape index (κ2) is 7.33. The number of benzene rings is 2. The Bertz CT molecular complexity index is 870. The van der Waals surface area contributed by atoms with Crippen LogP contribution >= 0.6 is 11.8 Å². The van der Waals surface area contributed by atoms with Gasteiger partial charge >= 0.3 is 0 Å². The number of hydrogen-bond acceptors (Lipinski definition) is 3. The van der Waals surface area contributed by atoms with Crippen molar-refractivity contribution < 1.29 is 9.53 Å². The van der Waals surface area contributed by atoms with E-state index >= 15 is 0 Å². The molecule has 0 spiro atoms. The van der Waals surface area contributed by atoms with Crippen LogP contribution in [0.3, 0.4) is 0 Å². The number of ether oxygens (including phenoxy) is 1. The van der Waals surface area contributed by atoms with Crippen molar-refractivity contribution in [2.45, 2.75) is 4.90 Å². The molecule has 2 aromatic carbocycles. The van der Waals surface area contributed by atoms with Gasteiger partial charge in [0.25, 0.3) is 0 Å². The molecular formula is C20H20N2O2S. The van der Waals surface area contributed by atoms with Crippen molar-refractivity contribution in [2.75, 3.05) is 32.1 Å². The molecule has 1 aliphatic heterocycles. The largest absolute Gasteiger partial charge is 0.378 e. The first-order valence-electron chi connectivity index (χ1n) is 8.47. The van der Waals surface area contributed by atoms with Gasteiger partial charge in [0, 0.05) is 28.9 Å². The summed E-state index contributed by atoms with van der Waals surface area (Å²) in [7, 11) is 0. The maximum absolute atomic E-state index is 12.5. The molecular weight excluding hydrogens is 332 g/mol. The zero-order chi connectivity index (χ0) is 17.1. The van der Waals surface area contributed by atoms with Crippen molar-refractivity contribution in [3.05, 3.63) is 54.6 Å². The molecule has 0 bridgehead atoms. The number of rotatable bonds is 4. The van der Waals surface area contributed by atoms with Crippen LogP contribution in [0.5, 0.6) is 0 Å². The summed E-state index contributed by atoms with van der Waals surface area (Å²) in [6, 6.07) is 18.5. The first kappa shape index (κ1) is 16.2. The topological polar surface area (TPSA) is 45.3 Å². The molecule has 0 atom stereocenters. The van der Waals surface area contributed by atoms with Crippen LogP contribution in [0.2, 0.25) is 0 Å². The third kappa shape index (κ3) is 3.43. The molecule has 128 valence electrons. The molecule has 2 heterocycles. The highest BCUT2D eigenvalue weighted by molar-refractivity contribution is 8.00. The number of carbonyl (C=O) groups is 1. The lowest BCUT2D eigenvalue weighted by Crippen LogP contribution is -2.41. The van der Waals surface area contributed by atoms with E-state index in [0.29, 0.717) is 32.1 Å². The molecule has 1 aliphatic rings. The monoisotopic (exact) mass is 352 g/mol. The summed E-state index contributed by atoms with van der Waals surface area (Å²) in [6.07, 6.45) is 0. The van der Waals surface area contributed by atoms with Gasteiger partial charge in [-0.05, 0) is 11.6 Å². The number of carbonyl (C=O) groups excluding carboxylic acids is 1.